The molecule has 0 spiro atoms. The number of nitro benzene ring substituents is 1. The predicted molar refractivity (Wildman–Crippen MR) is 94.8 cm³/mol. The molecule has 24 heavy (non-hydrogen) atoms. The SMILES string of the molecule is CN(C(=O)c1csc(-c2cccc([N+](=O)[O-])c2)n1)C1CCNC1.Cl. The fourth-order valence-corrected chi connectivity index (χ4v) is 3.36. The van der Waals surface area contributed by atoms with Crippen LogP contribution in [0.3, 0.4) is 0 Å². The number of halogens is 1. The molecule has 128 valence electrons. The highest BCUT2D eigenvalue weighted by Crippen LogP contribution is 2.27. The van der Waals surface area contributed by atoms with Gasteiger partial charge in [-0.3, -0.25) is 14.9 Å². The summed E-state index contributed by atoms with van der Waals surface area (Å²) >= 11 is 1.31. The van der Waals surface area contributed by atoms with Gasteiger partial charge >= 0.3 is 0 Å². The summed E-state index contributed by atoms with van der Waals surface area (Å²) in [6.07, 6.45) is 0.935. The van der Waals surface area contributed by atoms with Crippen LogP contribution in [-0.4, -0.2) is 46.9 Å². The maximum absolute atomic E-state index is 12.5. The van der Waals surface area contributed by atoms with Crippen LogP contribution in [0.5, 0.6) is 0 Å². The smallest absolute Gasteiger partial charge is 0.273 e. The number of nitrogens with zero attached hydrogens (tertiary/aromatic N) is 3. The maximum atomic E-state index is 12.5. The molecule has 0 aliphatic carbocycles. The van der Waals surface area contributed by atoms with Crippen LogP contribution in [-0.2, 0) is 0 Å². The van der Waals surface area contributed by atoms with E-state index in [9.17, 15) is 14.9 Å². The van der Waals surface area contributed by atoms with Gasteiger partial charge in [0.15, 0.2) is 0 Å². The topological polar surface area (TPSA) is 88.4 Å². The molecule has 1 amide bonds. The van der Waals surface area contributed by atoms with E-state index in [1.165, 1.54) is 23.5 Å². The summed E-state index contributed by atoms with van der Waals surface area (Å²) in [5, 5.41) is 16.4. The molecule has 1 fully saturated rings. The number of hydrogen-bond acceptors (Lipinski definition) is 6. The summed E-state index contributed by atoms with van der Waals surface area (Å²) in [4.78, 5) is 29.0. The van der Waals surface area contributed by atoms with E-state index in [2.05, 4.69) is 10.3 Å². The Kier molecular flexibility index (Phi) is 5.87. The first-order chi connectivity index (χ1) is 11.1. The first kappa shape index (κ1) is 18.3. The van der Waals surface area contributed by atoms with E-state index in [1.807, 2.05) is 0 Å². The van der Waals surface area contributed by atoms with Crippen molar-refractivity contribution >= 4 is 35.3 Å². The molecule has 9 heteroatoms. The molecule has 1 aromatic heterocycles. The van der Waals surface area contributed by atoms with E-state index in [4.69, 9.17) is 0 Å². The largest absolute Gasteiger partial charge is 0.336 e. The van der Waals surface area contributed by atoms with E-state index in [0.29, 0.717) is 16.3 Å². The predicted octanol–water partition coefficient (Wildman–Crippen LogP) is 2.57. The highest BCUT2D eigenvalue weighted by Gasteiger charge is 2.25. The van der Waals surface area contributed by atoms with Crippen LogP contribution in [0.4, 0.5) is 5.69 Å². The van der Waals surface area contributed by atoms with Gasteiger partial charge in [0.25, 0.3) is 11.6 Å². The van der Waals surface area contributed by atoms with Crippen molar-refractivity contribution in [1.82, 2.24) is 15.2 Å². The van der Waals surface area contributed by atoms with E-state index in [-0.39, 0.29) is 30.0 Å². The number of thiazole rings is 1. The van der Waals surface area contributed by atoms with E-state index in [0.717, 1.165) is 19.5 Å². The van der Waals surface area contributed by atoms with Gasteiger partial charge in [-0.25, -0.2) is 4.98 Å². The normalized spacial score (nSPS) is 16.5. The molecule has 1 N–H and O–H groups in total. The molecule has 2 aromatic rings. The number of non-ortho nitro benzene ring substituents is 1. The zero-order chi connectivity index (χ0) is 16.4. The number of benzene rings is 1. The Morgan fingerprint density at radius 3 is 2.96 bits per heavy atom. The lowest BCUT2D eigenvalue weighted by Crippen LogP contribution is -2.38. The number of carbonyl (C=O) groups is 1. The van der Waals surface area contributed by atoms with Gasteiger partial charge in [0.05, 0.1) is 4.92 Å². The van der Waals surface area contributed by atoms with Crippen LogP contribution in [0.1, 0.15) is 16.9 Å². The Morgan fingerprint density at radius 2 is 2.29 bits per heavy atom. The second kappa shape index (κ2) is 7.69. The Bertz CT molecular complexity index is 746. The van der Waals surface area contributed by atoms with Crippen molar-refractivity contribution in [2.24, 2.45) is 0 Å². The number of carbonyl (C=O) groups excluding carboxylic acids is 1. The standard InChI is InChI=1S/C15H16N4O3S.ClH/c1-18(12-5-6-16-8-12)15(20)13-9-23-14(17-13)10-3-2-4-11(7-10)19(21)22;/h2-4,7,9,12,16H,5-6,8H2,1H3;1H. The molecule has 1 atom stereocenters. The minimum atomic E-state index is -0.440. The van der Waals surface area contributed by atoms with Gasteiger partial charge in [-0.1, -0.05) is 12.1 Å². The van der Waals surface area contributed by atoms with Crippen molar-refractivity contribution in [3.8, 4) is 10.6 Å². The molecule has 1 saturated heterocycles. The fraction of sp³-hybridized carbons (Fsp3) is 0.333. The molecule has 1 unspecified atom stereocenters. The third-order valence-electron chi connectivity index (χ3n) is 3.93. The van der Waals surface area contributed by atoms with Crippen molar-refractivity contribution in [3.63, 3.8) is 0 Å². The number of nitrogens with one attached hydrogen (secondary N) is 1. The molecule has 0 saturated carbocycles. The van der Waals surface area contributed by atoms with Crippen LogP contribution in [0.25, 0.3) is 10.6 Å². The molecule has 1 aliphatic heterocycles. The zero-order valence-electron chi connectivity index (χ0n) is 13.0. The van der Waals surface area contributed by atoms with Gasteiger partial charge in [-0.2, -0.15) is 0 Å². The molecule has 1 aliphatic rings. The maximum Gasteiger partial charge on any atom is 0.273 e. The van der Waals surface area contributed by atoms with Gasteiger partial charge in [-0.15, -0.1) is 23.7 Å². The van der Waals surface area contributed by atoms with Crippen LogP contribution in [0, 0.1) is 10.1 Å². The Labute approximate surface area is 149 Å². The van der Waals surface area contributed by atoms with Crippen molar-refractivity contribution in [3.05, 3.63) is 45.5 Å². The minimum Gasteiger partial charge on any atom is -0.336 e. The first-order valence-corrected chi connectivity index (χ1v) is 8.12. The van der Waals surface area contributed by atoms with Crippen LogP contribution >= 0.6 is 23.7 Å². The zero-order valence-corrected chi connectivity index (χ0v) is 14.6. The van der Waals surface area contributed by atoms with Crippen LogP contribution in [0.15, 0.2) is 29.6 Å². The first-order valence-electron chi connectivity index (χ1n) is 7.24. The summed E-state index contributed by atoms with van der Waals surface area (Å²) < 4.78 is 0. The number of nitro groups is 1. The summed E-state index contributed by atoms with van der Waals surface area (Å²) in [6.45, 7) is 1.71. The van der Waals surface area contributed by atoms with Gasteiger partial charge in [0.1, 0.15) is 10.7 Å². The third-order valence-corrected chi connectivity index (χ3v) is 4.82. The van der Waals surface area contributed by atoms with E-state index >= 15 is 0 Å². The lowest BCUT2D eigenvalue weighted by molar-refractivity contribution is -0.384. The van der Waals surface area contributed by atoms with Gasteiger partial charge in [0.2, 0.25) is 0 Å². The molecule has 3 rings (SSSR count). The van der Waals surface area contributed by atoms with Crippen LogP contribution < -0.4 is 5.32 Å². The van der Waals surface area contributed by atoms with Gasteiger partial charge in [-0.05, 0) is 13.0 Å². The van der Waals surface area contributed by atoms with Crippen molar-refractivity contribution in [1.29, 1.82) is 0 Å². The molecule has 0 radical (unpaired) electrons. The van der Waals surface area contributed by atoms with Gasteiger partial charge < -0.3 is 10.2 Å². The highest BCUT2D eigenvalue weighted by atomic mass is 35.5. The summed E-state index contributed by atoms with van der Waals surface area (Å²) in [5.41, 5.74) is 1.04. The second-order valence-electron chi connectivity index (χ2n) is 5.41. The molecule has 7 nitrogen and oxygen atoms in total. The van der Waals surface area contributed by atoms with Gasteiger partial charge in [0, 0.05) is 42.7 Å². The third kappa shape index (κ3) is 3.72. The van der Waals surface area contributed by atoms with Crippen molar-refractivity contribution < 1.29 is 9.72 Å². The number of amides is 1. The monoisotopic (exact) mass is 368 g/mol. The lowest BCUT2D eigenvalue weighted by Gasteiger charge is -2.22. The van der Waals surface area contributed by atoms with Crippen molar-refractivity contribution in [2.75, 3.05) is 20.1 Å². The number of rotatable bonds is 4. The number of aromatic nitrogens is 1. The summed E-state index contributed by atoms with van der Waals surface area (Å²) in [7, 11) is 1.78. The second-order valence-corrected chi connectivity index (χ2v) is 6.27. The lowest BCUT2D eigenvalue weighted by atomic mass is 10.2. The summed E-state index contributed by atoms with van der Waals surface area (Å²) in [6, 6.07) is 6.46. The quantitative estimate of drug-likeness (QED) is 0.661. The summed E-state index contributed by atoms with van der Waals surface area (Å²) in [5.74, 6) is -0.119. The highest BCUT2D eigenvalue weighted by molar-refractivity contribution is 7.13. The molecular formula is C15H17ClN4O3S. The average molecular weight is 369 g/mol. The molecule has 0 bridgehead atoms. The van der Waals surface area contributed by atoms with E-state index in [1.54, 1.807) is 29.5 Å². The number of hydrogen-bond donors (Lipinski definition) is 1. The van der Waals surface area contributed by atoms with Crippen LogP contribution in [0.2, 0.25) is 0 Å². The molecule has 2 heterocycles. The Balaban J connectivity index is 0.00000208. The van der Waals surface area contributed by atoms with E-state index < -0.39 is 4.92 Å². The fourth-order valence-electron chi connectivity index (χ4n) is 2.57. The Hall–Kier alpha value is -2.03. The average Bonchev–Trinajstić information content (AvgIpc) is 3.25. The molecule has 1 aromatic carbocycles. The molecular weight excluding hydrogens is 352 g/mol. The minimum absolute atomic E-state index is 0. The Morgan fingerprint density at radius 1 is 1.50 bits per heavy atom. The van der Waals surface area contributed by atoms with Crippen molar-refractivity contribution in [2.45, 2.75) is 12.5 Å². The number of likely N-dealkylation sites (N-methyl/N-ethyl adjacent to an activating group) is 1.